The Kier molecular flexibility index (Phi) is 23.2. The molecular formula is C68H115N7O14. The van der Waals surface area contributed by atoms with E-state index in [-0.39, 0.29) is 82.9 Å². The third kappa shape index (κ3) is 17.6. The molecule has 14 aliphatic rings. The van der Waals surface area contributed by atoms with Gasteiger partial charge in [0.1, 0.15) is 0 Å². The van der Waals surface area contributed by atoms with Crippen molar-refractivity contribution in [2.45, 2.75) is 212 Å². The van der Waals surface area contributed by atoms with E-state index >= 15 is 0 Å². The fraction of sp³-hybridized carbons (Fsp3) is 0.897. The van der Waals surface area contributed by atoms with E-state index in [0.717, 1.165) is 148 Å². The van der Waals surface area contributed by atoms with Crippen molar-refractivity contribution in [3.63, 3.8) is 0 Å². The summed E-state index contributed by atoms with van der Waals surface area (Å²) >= 11 is 0. The van der Waals surface area contributed by atoms with Crippen LogP contribution < -0.4 is 40.1 Å². The molecule has 14 aliphatic carbocycles. The molecule has 0 heterocycles. The average molecular weight is 1250 g/mol. The molecule has 0 aromatic carbocycles. The first-order valence-electron chi connectivity index (χ1n) is 34.5. The summed E-state index contributed by atoms with van der Waals surface area (Å²) in [5.41, 5.74) is 39.5. The van der Waals surface area contributed by atoms with Gasteiger partial charge in [0.05, 0.1) is 44.9 Å². The van der Waals surface area contributed by atoms with Gasteiger partial charge in [-0.1, -0.05) is 12.8 Å². The number of carbonyl (C=O) groups is 7. The molecule has 19 atom stereocenters. The van der Waals surface area contributed by atoms with Gasteiger partial charge in [0.2, 0.25) is 0 Å². The van der Waals surface area contributed by atoms with E-state index in [1.807, 2.05) is 0 Å². The molecule has 21 N–H and O–H groups in total. The maximum absolute atomic E-state index is 10.7. The number of carboxylic acids is 7. The molecule has 0 saturated heterocycles. The topological polar surface area (TPSA) is 443 Å². The quantitative estimate of drug-likeness (QED) is 0.0521. The first-order valence-corrected chi connectivity index (χ1v) is 34.5. The lowest BCUT2D eigenvalue weighted by Crippen LogP contribution is -2.37. The minimum atomic E-state index is -0.693. The van der Waals surface area contributed by atoms with E-state index in [0.29, 0.717) is 57.6 Å². The van der Waals surface area contributed by atoms with Crippen molar-refractivity contribution >= 4 is 41.8 Å². The summed E-state index contributed by atoms with van der Waals surface area (Å²) in [5.74, 6) is 6.17. The third-order valence-corrected chi connectivity index (χ3v) is 26.5. The first kappa shape index (κ1) is 70.9. The molecule has 0 bridgehead atoms. The van der Waals surface area contributed by atoms with E-state index in [4.69, 9.17) is 75.9 Å². The van der Waals surface area contributed by atoms with Gasteiger partial charge in [-0.05, 0) is 321 Å². The van der Waals surface area contributed by atoms with Crippen LogP contribution in [0.15, 0.2) is 0 Å². The lowest BCUT2D eigenvalue weighted by Gasteiger charge is -2.34. The van der Waals surface area contributed by atoms with Crippen LogP contribution in [0, 0.1) is 121 Å². The van der Waals surface area contributed by atoms with Crippen LogP contribution in [0.5, 0.6) is 0 Å². The SMILES string of the molecule is NCC1(CC(=O)O)CC2CC2C1.NCC1(CC(=O)O)CCC2CC21.NCC1(CC(=O)O)CCC2CC2C1.NCC1(CC(=O)O)CCCC2CC21.NCC1(CC(=O)O)C[C@H]2CC[C@@H]2C1.NCC1(CC(=O)O)C[C@H]2CC[C@H]2C1.NCC1(CC(=O)O)C[C@H]2CC[C@H]2C1. The number of aliphatic carboxylic acids is 7. The summed E-state index contributed by atoms with van der Waals surface area (Å²) in [7, 11) is 0. The summed E-state index contributed by atoms with van der Waals surface area (Å²) in [6, 6.07) is 0. The van der Waals surface area contributed by atoms with Crippen molar-refractivity contribution in [1.29, 1.82) is 0 Å². The Hall–Kier alpha value is -3.99. The molecule has 14 fully saturated rings. The Bertz CT molecular complexity index is 2300. The molecule has 21 nitrogen and oxygen atoms in total. The van der Waals surface area contributed by atoms with Crippen molar-refractivity contribution in [2.75, 3.05) is 45.8 Å². The number of nitrogens with two attached hydrogens (primary N) is 7. The van der Waals surface area contributed by atoms with Gasteiger partial charge in [-0.2, -0.15) is 0 Å². The highest BCUT2D eigenvalue weighted by molar-refractivity contribution is 5.70. The van der Waals surface area contributed by atoms with Crippen LogP contribution in [0.2, 0.25) is 0 Å². The van der Waals surface area contributed by atoms with Gasteiger partial charge in [0.15, 0.2) is 0 Å². The van der Waals surface area contributed by atoms with Gasteiger partial charge in [0, 0.05) is 0 Å². The molecule has 0 amide bonds. The second-order valence-corrected chi connectivity index (χ2v) is 32.5. The van der Waals surface area contributed by atoms with Crippen LogP contribution in [-0.4, -0.2) is 123 Å². The maximum Gasteiger partial charge on any atom is 0.303 e. The van der Waals surface area contributed by atoms with Crippen molar-refractivity contribution in [2.24, 2.45) is 161 Å². The van der Waals surface area contributed by atoms with Gasteiger partial charge in [-0.25, -0.2) is 0 Å². The van der Waals surface area contributed by atoms with Gasteiger partial charge in [-0.15, -0.1) is 0 Å². The van der Waals surface area contributed by atoms with Gasteiger partial charge in [-0.3, -0.25) is 33.6 Å². The Morgan fingerprint density at radius 3 is 0.775 bits per heavy atom. The van der Waals surface area contributed by atoms with Crippen LogP contribution in [-0.2, 0) is 33.6 Å². The van der Waals surface area contributed by atoms with Gasteiger partial charge < -0.3 is 75.9 Å². The maximum atomic E-state index is 10.7. The fourth-order valence-electron chi connectivity index (χ4n) is 20.6. The molecule has 0 radical (unpaired) electrons. The van der Waals surface area contributed by atoms with Crippen LogP contribution in [0.3, 0.4) is 0 Å². The Morgan fingerprint density at radius 2 is 0.517 bits per heavy atom. The summed E-state index contributed by atoms with van der Waals surface area (Å²) in [5, 5.41) is 61.5. The van der Waals surface area contributed by atoms with E-state index in [1.54, 1.807) is 0 Å². The molecule has 14 saturated carbocycles. The second kappa shape index (κ2) is 29.1. The summed E-state index contributed by atoms with van der Waals surface area (Å²) in [6.07, 6.45) is 32.3. The number of carboxylic acid groups (broad SMARTS) is 7. The molecule has 13 unspecified atom stereocenters. The van der Waals surface area contributed by atoms with Crippen molar-refractivity contribution < 1.29 is 69.3 Å². The predicted octanol–water partition coefficient (Wildman–Crippen LogP) is 7.80. The van der Waals surface area contributed by atoms with Crippen LogP contribution >= 0.6 is 0 Å². The monoisotopic (exact) mass is 1250 g/mol. The largest absolute Gasteiger partial charge is 0.481 e. The standard InChI is InChI=1S/5C10H17NO2.2C9H15NO2/c11-6-10(5-9(12)13)2-1-7-3-8(7)4-10;3*11-6-10(5-9(12)13)3-7-1-2-8(7)4-10;11-6-10(5-9(12)13)3-1-2-7-4-8(7)10;10-5-9(4-8(11)12)2-6-1-7(6)3-9;10-5-9(4-8(11)12)2-1-6-3-7(6)9/h5*7-8H,1-6,11H2,(H,12,13);2*6-7H,1-5,10H2,(H,11,12)/t;2*7-,8+,10?;7-,8-;;;/m...1.../s1. The molecule has 21 heteroatoms. The molecule has 0 aromatic heterocycles. The molecule has 89 heavy (non-hydrogen) atoms. The predicted molar refractivity (Wildman–Crippen MR) is 335 cm³/mol. The van der Waals surface area contributed by atoms with E-state index in [2.05, 4.69) is 0 Å². The molecule has 0 aromatic rings. The minimum absolute atomic E-state index is 0.0312. The Labute approximate surface area is 527 Å². The molecule has 506 valence electrons. The smallest absolute Gasteiger partial charge is 0.303 e. The van der Waals surface area contributed by atoms with Crippen LogP contribution in [0.1, 0.15) is 212 Å². The highest BCUT2D eigenvalue weighted by Gasteiger charge is 2.59. The highest BCUT2D eigenvalue weighted by Crippen LogP contribution is 2.65. The van der Waals surface area contributed by atoms with Crippen molar-refractivity contribution in [1.82, 2.24) is 0 Å². The fourth-order valence-corrected chi connectivity index (χ4v) is 20.6. The van der Waals surface area contributed by atoms with Crippen molar-refractivity contribution in [3.8, 4) is 0 Å². The summed E-state index contributed by atoms with van der Waals surface area (Å²) in [4.78, 5) is 74.7. The number of fused-ring (bicyclic) bond motifs is 7. The zero-order valence-electron chi connectivity index (χ0n) is 53.4. The average Bonchev–Trinajstić information content (AvgIpc) is 1.67. The minimum Gasteiger partial charge on any atom is -0.481 e. The summed E-state index contributed by atoms with van der Waals surface area (Å²) in [6.45, 7) is 3.85. The lowest BCUT2D eigenvalue weighted by atomic mass is 9.71. The van der Waals surface area contributed by atoms with Gasteiger partial charge >= 0.3 is 41.8 Å². The lowest BCUT2D eigenvalue weighted by molar-refractivity contribution is -0.141. The van der Waals surface area contributed by atoms with Crippen LogP contribution in [0.25, 0.3) is 0 Å². The molecular weight excluding hydrogens is 1140 g/mol. The Morgan fingerprint density at radius 1 is 0.258 bits per heavy atom. The zero-order valence-corrected chi connectivity index (χ0v) is 53.4. The van der Waals surface area contributed by atoms with E-state index in [9.17, 15) is 33.6 Å². The number of hydrogen-bond acceptors (Lipinski definition) is 14. The highest BCUT2D eigenvalue weighted by atomic mass is 16.4. The molecule has 14 rings (SSSR count). The third-order valence-electron chi connectivity index (χ3n) is 26.5. The molecule has 0 aliphatic heterocycles. The normalized spacial score (nSPS) is 41.9. The zero-order chi connectivity index (χ0) is 64.9. The van der Waals surface area contributed by atoms with Crippen LogP contribution in [0.4, 0.5) is 0 Å². The first-order chi connectivity index (χ1) is 42.1. The summed E-state index contributed by atoms with van der Waals surface area (Å²) < 4.78 is 0. The van der Waals surface area contributed by atoms with Crippen molar-refractivity contribution in [3.05, 3.63) is 0 Å². The van der Waals surface area contributed by atoms with E-state index in [1.165, 1.54) is 89.9 Å². The number of hydrogen-bond donors (Lipinski definition) is 14. The number of rotatable bonds is 21. The second-order valence-electron chi connectivity index (χ2n) is 32.5. The van der Waals surface area contributed by atoms with Gasteiger partial charge in [0.25, 0.3) is 0 Å². The Balaban J connectivity index is 0.000000134. The molecule has 0 spiro atoms. The van der Waals surface area contributed by atoms with E-state index < -0.39 is 41.8 Å².